The molecule has 7 heteroatoms. The summed E-state index contributed by atoms with van der Waals surface area (Å²) in [7, 11) is 0. The molecular formula is C24H22ClNO5. The number of hydrogen-bond donors (Lipinski definition) is 1. The fourth-order valence-corrected chi connectivity index (χ4v) is 4.08. The number of fused-ring (bicyclic) bond motifs is 1. The minimum absolute atomic E-state index is 0.00254. The summed E-state index contributed by atoms with van der Waals surface area (Å²) in [5, 5.41) is 11.9. The molecule has 3 aromatic rings. The van der Waals surface area contributed by atoms with Crippen LogP contribution < -0.4 is 4.74 Å². The van der Waals surface area contributed by atoms with E-state index in [0.717, 1.165) is 0 Å². The molecule has 2 aromatic carbocycles. The molecule has 1 unspecified atom stereocenters. The van der Waals surface area contributed by atoms with Crippen LogP contribution in [0, 0.1) is 0 Å². The van der Waals surface area contributed by atoms with E-state index < -0.39 is 23.5 Å². The molecular weight excluding hydrogens is 418 g/mol. The molecule has 1 amide bonds. The lowest BCUT2D eigenvalue weighted by atomic mass is 9.94. The van der Waals surface area contributed by atoms with Crippen LogP contribution in [0.5, 0.6) is 5.75 Å². The summed E-state index contributed by atoms with van der Waals surface area (Å²) in [5.41, 5.74) is 1.18. The number of ether oxygens (including phenoxy) is 1. The molecule has 1 aliphatic heterocycles. The minimum atomic E-state index is -0.739. The van der Waals surface area contributed by atoms with Crippen LogP contribution in [-0.2, 0) is 4.79 Å². The fraction of sp³-hybridized carbons (Fsp3) is 0.250. The lowest BCUT2D eigenvalue weighted by molar-refractivity contribution is -0.129. The van der Waals surface area contributed by atoms with Crippen molar-refractivity contribution in [2.75, 3.05) is 13.2 Å². The first-order chi connectivity index (χ1) is 14.9. The van der Waals surface area contributed by atoms with Gasteiger partial charge >= 0.3 is 0 Å². The van der Waals surface area contributed by atoms with Gasteiger partial charge in [-0.3, -0.25) is 9.59 Å². The maximum Gasteiger partial charge on any atom is 0.290 e. The highest BCUT2D eigenvalue weighted by molar-refractivity contribution is 6.31. The monoisotopic (exact) mass is 439 g/mol. The van der Waals surface area contributed by atoms with Gasteiger partial charge in [0.25, 0.3) is 5.91 Å². The van der Waals surface area contributed by atoms with Gasteiger partial charge in [0.1, 0.15) is 11.3 Å². The smallest absolute Gasteiger partial charge is 0.290 e. The molecule has 0 aliphatic carbocycles. The van der Waals surface area contributed by atoms with Gasteiger partial charge in [-0.25, -0.2) is 0 Å². The molecule has 31 heavy (non-hydrogen) atoms. The van der Waals surface area contributed by atoms with Crippen LogP contribution in [0.25, 0.3) is 11.0 Å². The molecule has 1 atom stereocenters. The predicted molar refractivity (Wildman–Crippen MR) is 118 cm³/mol. The number of carbonyl (C=O) groups is 2. The number of nitrogens with zero attached hydrogens (tertiary/aromatic N) is 1. The second-order valence-corrected chi connectivity index (χ2v) is 7.73. The van der Waals surface area contributed by atoms with E-state index in [1.165, 1.54) is 4.90 Å². The zero-order valence-electron chi connectivity index (χ0n) is 17.2. The van der Waals surface area contributed by atoms with E-state index in [9.17, 15) is 14.7 Å². The Kier molecular flexibility index (Phi) is 5.74. The highest BCUT2D eigenvalue weighted by atomic mass is 35.5. The Morgan fingerprint density at radius 2 is 2.00 bits per heavy atom. The third-order valence-electron chi connectivity index (χ3n) is 5.20. The minimum Gasteiger partial charge on any atom is -0.503 e. The molecule has 0 saturated heterocycles. The Hall–Kier alpha value is -3.25. The van der Waals surface area contributed by atoms with Gasteiger partial charge in [0, 0.05) is 17.0 Å². The number of benzene rings is 2. The number of halogens is 1. The lowest BCUT2D eigenvalue weighted by Gasteiger charge is -2.26. The predicted octanol–water partition coefficient (Wildman–Crippen LogP) is 5.47. The number of hydrogen-bond acceptors (Lipinski definition) is 5. The average Bonchev–Trinajstić information content (AvgIpc) is 3.28. The Balaban J connectivity index is 1.81. The molecule has 1 N–H and O–H groups in total. The number of aliphatic hydroxyl groups is 1. The quantitative estimate of drug-likeness (QED) is 0.493. The first kappa shape index (κ1) is 21.0. The summed E-state index contributed by atoms with van der Waals surface area (Å²) in [6, 6.07) is 13.1. The fourth-order valence-electron chi connectivity index (χ4n) is 3.90. The molecule has 0 saturated carbocycles. The molecule has 1 aromatic heterocycles. The molecule has 2 heterocycles. The first-order valence-corrected chi connectivity index (χ1v) is 10.5. The summed E-state index contributed by atoms with van der Waals surface area (Å²) in [5.74, 6) is -1.00. The number of rotatable bonds is 7. The number of furan rings is 1. The second kappa shape index (κ2) is 8.47. The molecule has 0 spiro atoms. The lowest BCUT2D eigenvalue weighted by Crippen LogP contribution is -2.31. The molecule has 6 nitrogen and oxygen atoms in total. The summed E-state index contributed by atoms with van der Waals surface area (Å²) >= 11 is 6.04. The molecule has 0 fully saturated rings. The van der Waals surface area contributed by atoms with Crippen LogP contribution in [0.15, 0.2) is 64.3 Å². The highest BCUT2D eigenvalue weighted by Crippen LogP contribution is 2.40. The molecule has 160 valence electrons. The normalized spacial score (nSPS) is 16.4. The van der Waals surface area contributed by atoms with E-state index in [0.29, 0.717) is 46.9 Å². The highest BCUT2D eigenvalue weighted by Gasteiger charge is 2.44. The van der Waals surface area contributed by atoms with Crippen molar-refractivity contribution in [2.45, 2.75) is 26.3 Å². The van der Waals surface area contributed by atoms with Crippen molar-refractivity contribution in [3.8, 4) is 5.75 Å². The van der Waals surface area contributed by atoms with Gasteiger partial charge in [-0.15, -0.1) is 0 Å². The van der Waals surface area contributed by atoms with E-state index in [2.05, 4.69) is 0 Å². The van der Waals surface area contributed by atoms with Gasteiger partial charge in [0.2, 0.25) is 5.78 Å². The van der Waals surface area contributed by atoms with Gasteiger partial charge in [-0.1, -0.05) is 30.7 Å². The molecule has 1 aliphatic rings. The summed E-state index contributed by atoms with van der Waals surface area (Å²) < 4.78 is 11.3. The van der Waals surface area contributed by atoms with Crippen molar-refractivity contribution >= 4 is 34.3 Å². The number of amides is 1. The van der Waals surface area contributed by atoms with Gasteiger partial charge in [-0.05, 0) is 55.3 Å². The SMILES string of the molecule is CCCN1C(=O)C(O)=C(C(=O)c2cc3cc(Cl)ccc3o2)C1c1cccc(OCC)c1. The number of Topliss-reactive ketones (excluding diaryl/α,β-unsaturated/α-hetero) is 1. The summed E-state index contributed by atoms with van der Waals surface area (Å²) in [4.78, 5) is 27.8. The van der Waals surface area contributed by atoms with Crippen molar-refractivity contribution in [2.24, 2.45) is 0 Å². The zero-order valence-corrected chi connectivity index (χ0v) is 18.0. The van der Waals surface area contributed by atoms with Gasteiger partial charge in [0.15, 0.2) is 11.5 Å². The Morgan fingerprint density at radius 3 is 2.74 bits per heavy atom. The molecule has 0 radical (unpaired) electrons. The van der Waals surface area contributed by atoms with E-state index in [4.69, 9.17) is 20.8 Å². The Bertz CT molecular complexity index is 1200. The van der Waals surface area contributed by atoms with Crippen molar-refractivity contribution in [1.82, 2.24) is 4.90 Å². The van der Waals surface area contributed by atoms with Crippen LogP contribution in [-0.4, -0.2) is 34.8 Å². The van der Waals surface area contributed by atoms with E-state index >= 15 is 0 Å². The van der Waals surface area contributed by atoms with E-state index in [1.807, 2.05) is 26.0 Å². The summed E-state index contributed by atoms with van der Waals surface area (Å²) in [6.07, 6.45) is 0.672. The van der Waals surface area contributed by atoms with Crippen LogP contribution >= 0.6 is 11.6 Å². The number of carbonyl (C=O) groups excluding carboxylic acids is 2. The van der Waals surface area contributed by atoms with Gasteiger partial charge < -0.3 is 19.2 Å². The molecule has 4 rings (SSSR count). The molecule has 0 bridgehead atoms. The van der Waals surface area contributed by atoms with Crippen molar-refractivity contribution in [3.63, 3.8) is 0 Å². The maximum atomic E-state index is 13.4. The first-order valence-electron chi connectivity index (χ1n) is 10.1. The van der Waals surface area contributed by atoms with Crippen molar-refractivity contribution < 1.29 is 23.8 Å². The Morgan fingerprint density at radius 1 is 1.19 bits per heavy atom. The number of ketones is 1. The van der Waals surface area contributed by atoms with Gasteiger partial charge in [-0.2, -0.15) is 0 Å². The third-order valence-corrected chi connectivity index (χ3v) is 5.43. The second-order valence-electron chi connectivity index (χ2n) is 7.29. The van der Waals surface area contributed by atoms with Crippen LogP contribution in [0.1, 0.15) is 42.4 Å². The maximum absolute atomic E-state index is 13.4. The zero-order chi connectivity index (χ0) is 22.1. The van der Waals surface area contributed by atoms with Gasteiger partial charge in [0.05, 0.1) is 18.2 Å². The topological polar surface area (TPSA) is 80.0 Å². The standard InChI is InChI=1S/C24H22ClNO5/c1-3-10-26-21(14-6-5-7-17(12-14)30-4-2)20(23(28)24(26)29)22(27)19-13-15-11-16(25)8-9-18(15)31-19/h5-9,11-13,21,28H,3-4,10H2,1-2H3. The van der Waals surface area contributed by atoms with E-state index in [1.54, 1.807) is 36.4 Å². The third kappa shape index (κ3) is 3.79. The summed E-state index contributed by atoms with van der Waals surface area (Å²) in [6.45, 7) is 4.68. The van der Waals surface area contributed by atoms with Crippen molar-refractivity contribution in [1.29, 1.82) is 0 Å². The Labute approximate surface area is 184 Å². The van der Waals surface area contributed by atoms with Crippen LogP contribution in [0.3, 0.4) is 0 Å². The van der Waals surface area contributed by atoms with Crippen molar-refractivity contribution in [3.05, 3.63) is 76.2 Å². The van der Waals surface area contributed by atoms with Crippen LogP contribution in [0.4, 0.5) is 0 Å². The average molecular weight is 440 g/mol. The van der Waals surface area contributed by atoms with E-state index in [-0.39, 0.29) is 11.3 Å². The van der Waals surface area contributed by atoms with Crippen LogP contribution in [0.2, 0.25) is 5.02 Å². The number of aliphatic hydroxyl groups excluding tert-OH is 1. The largest absolute Gasteiger partial charge is 0.503 e.